The lowest BCUT2D eigenvalue weighted by Gasteiger charge is -2.35. The number of carbonyl (C=O) groups excluding carboxylic acids is 2. The summed E-state index contributed by atoms with van der Waals surface area (Å²) in [6, 6.07) is 6.38. The Bertz CT molecular complexity index is 712. The van der Waals surface area contributed by atoms with Gasteiger partial charge < -0.3 is 19.9 Å². The highest BCUT2D eigenvalue weighted by Crippen LogP contribution is 2.24. The molecule has 2 saturated heterocycles. The molecule has 0 spiro atoms. The summed E-state index contributed by atoms with van der Waals surface area (Å²) < 4.78 is 5.29. The van der Waals surface area contributed by atoms with Crippen LogP contribution in [0.25, 0.3) is 0 Å². The minimum atomic E-state index is -0.444. The Balaban J connectivity index is 1.42. The highest BCUT2D eigenvalue weighted by atomic mass is 16.6. The maximum Gasteiger partial charge on any atom is 0.292 e. The van der Waals surface area contributed by atoms with Crippen LogP contribution in [-0.4, -0.2) is 72.5 Å². The fourth-order valence-electron chi connectivity index (χ4n) is 3.66. The van der Waals surface area contributed by atoms with Crippen molar-refractivity contribution >= 4 is 23.2 Å². The molecule has 0 bridgehead atoms. The highest BCUT2D eigenvalue weighted by molar-refractivity contribution is 5.80. The lowest BCUT2D eigenvalue weighted by atomic mass is 9.95. The maximum absolute atomic E-state index is 12.5. The van der Waals surface area contributed by atoms with E-state index in [4.69, 9.17) is 4.74 Å². The van der Waals surface area contributed by atoms with E-state index in [0.29, 0.717) is 64.5 Å². The zero-order valence-electron chi connectivity index (χ0n) is 15.8. The van der Waals surface area contributed by atoms with Crippen LogP contribution in [0.15, 0.2) is 24.3 Å². The van der Waals surface area contributed by atoms with Crippen molar-refractivity contribution in [3.8, 4) is 0 Å². The molecule has 0 aromatic heterocycles. The SMILES string of the molecule is O=C(CCNc1ccccc1[N+](=O)[O-])N1CCC(C(=O)N2CCOCC2)CC1. The van der Waals surface area contributed by atoms with Crippen LogP contribution >= 0.6 is 0 Å². The van der Waals surface area contributed by atoms with Crippen LogP contribution in [0.1, 0.15) is 19.3 Å². The first kappa shape index (κ1) is 20.1. The first-order chi connectivity index (χ1) is 13.6. The smallest absolute Gasteiger partial charge is 0.292 e. The third-order valence-corrected chi connectivity index (χ3v) is 5.27. The van der Waals surface area contributed by atoms with Crippen LogP contribution in [0, 0.1) is 16.0 Å². The van der Waals surface area contributed by atoms with Gasteiger partial charge in [0.1, 0.15) is 5.69 Å². The van der Waals surface area contributed by atoms with Gasteiger partial charge >= 0.3 is 0 Å². The minimum Gasteiger partial charge on any atom is -0.379 e. The van der Waals surface area contributed by atoms with Crippen LogP contribution in [0.4, 0.5) is 11.4 Å². The topological polar surface area (TPSA) is 105 Å². The van der Waals surface area contributed by atoms with Gasteiger partial charge in [0.05, 0.1) is 18.1 Å². The lowest BCUT2D eigenvalue weighted by Crippen LogP contribution is -2.47. The summed E-state index contributed by atoms with van der Waals surface area (Å²) in [4.78, 5) is 39.2. The second-order valence-electron chi connectivity index (χ2n) is 7.04. The maximum atomic E-state index is 12.5. The highest BCUT2D eigenvalue weighted by Gasteiger charge is 2.30. The minimum absolute atomic E-state index is 0.00242. The number of morpholine rings is 1. The van der Waals surface area contributed by atoms with E-state index in [1.165, 1.54) is 6.07 Å². The number of nitrogens with one attached hydrogen (secondary N) is 1. The molecule has 0 unspecified atom stereocenters. The number of hydrogen-bond donors (Lipinski definition) is 1. The average molecular weight is 390 g/mol. The first-order valence-corrected chi connectivity index (χ1v) is 9.68. The summed E-state index contributed by atoms with van der Waals surface area (Å²) in [6.07, 6.45) is 1.62. The molecule has 9 nitrogen and oxygen atoms in total. The zero-order chi connectivity index (χ0) is 19.9. The van der Waals surface area contributed by atoms with Gasteiger partial charge in [0.2, 0.25) is 11.8 Å². The second kappa shape index (κ2) is 9.50. The van der Waals surface area contributed by atoms with Crippen molar-refractivity contribution in [3.63, 3.8) is 0 Å². The van der Waals surface area contributed by atoms with E-state index in [9.17, 15) is 19.7 Å². The molecule has 2 aliphatic rings. The molecule has 3 rings (SSSR count). The monoisotopic (exact) mass is 390 g/mol. The number of para-hydroxylation sites is 2. The number of amides is 2. The Morgan fingerprint density at radius 1 is 1.11 bits per heavy atom. The average Bonchev–Trinajstić information content (AvgIpc) is 2.74. The number of carbonyl (C=O) groups is 2. The van der Waals surface area contributed by atoms with Crippen LogP contribution < -0.4 is 5.32 Å². The van der Waals surface area contributed by atoms with Gasteiger partial charge in [0, 0.05) is 51.1 Å². The third kappa shape index (κ3) is 4.98. The third-order valence-electron chi connectivity index (χ3n) is 5.27. The number of nitro groups is 1. The Morgan fingerprint density at radius 2 is 1.79 bits per heavy atom. The van der Waals surface area contributed by atoms with Crippen molar-refractivity contribution in [2.24, 2.45) is 5.92 Å². The van der Waals surface area contributed by atoms with Gasteiger partial charge in [-0.15, -0.1) is 0 Å². The summed E-state index contributed by atoms with van der Waals surface area (Å²) >= 11 is 0. The lowest BCUT2D eigenvalue weighted by molar-refractivity contribution is -0.384. The van der Waals surface area contributed by atoms with Gasteiger partial charge in [0.15, 0.2) is 0 Å². The van der Waals surface area contributed by atoms with E-state index in [0.717, 1.165) is 0 Å². The standard InChI is InChI=1S/C19H26N4O5/c24-18(5-8-20-16-3-1-2-4-17(16)23(26)27)21-9-6-15(7-10-21)19(25)22-11-13-28-14-12-22/h1-4,15,20H,5-14H2. The molecule has 152 valence electrons. The molecule has 2 heterocycles. The molecule has 1 aromatic rings. The number of nitrogens with zero attached hydrogens (tertiary/aromatic N) is 3. The van der Waals surface area contributed by atoms with Gasteiger partial charge in [-0.05, 0) is 18.9 Å². The van der Waals surface area contributed by atoms with E-state index < -0.39 is 4.92 Å². The fraction of sp³-hybridized carbons (Fsp3) is 0.579. The number of anilines is 1. The number of benzene rings is 1. The van der Waals surface area contributed by atoms with Crippen molar-refractivity contribution in [2.75, 3.05) is 51.3 Å². The fourth-order valence-corrected chi connectivity index (χ4v) is 3.66. The van der Waals surface area contributed by atoms with Crippen molar-refractivity contribution in [1.82, 2.24) is 9.80 Å². The Hall–Kier alpha value is -2.68. The molecule has 1 N–H and O–H groups in total. The van der Waals surface area contributed by atoms with Crippen molar-refractivity contribution in [1.29, 1.82) is 0 Å². The molecule has 28 heavy (non-hydrogen) atoms. The van der Waals surface area contributed by atoms with E-state index in [1.54, 1.807) is 23.1 Å². The molecular weight excluding hydrogens is 364 g/mol. The number of rotatable bonds is 6. The van der Waals surface area contributed by atoms with Crippen molar-refractivity contribution in [3.05, 3.63) is 34.4 Å². The Labute approximate surface area is 163 Å². The zero-order valence-corrected chi connectivity index (χ0v) is 15.8. The molecule has 1 aromatic carbocycles. The molecule has 2 amide bonds. The number of hydrogen-bond acceptors (Lipinski definition) is 6. The van der Waals surface area contributed by atoms with Gasteiger partial charge in [0.25, 0.3) is 5.69 Å². The largest absolute Gasteiger partial charge is 0.379 e. The van der Waals surface area contributed by atoms with Gasteiger partial charge in [-0.1, -0.05) is 12.1 Å². The molecule has 0 aliphatic carbocycles. The van der Waals surface area contributed by atoms with E-state index in [2.05, 4.69) is 5.32 Å². The molecule has 0 saturated carbocycles. The summed E-state index contributed by atoms with van der Waals surface area (Å²) in [7, 11) is 0. The Kier molecular flexibility index (Phi) is 6.80. The van der Waals surface area contributed by atoms with Gasteiger partial charge in [-0.2, -0.15) is 0 Å². The second-order valence-corrected chi connectivity index (χ2v) is 7.04. The molecule has 2 aliphatic heterocycles. The molecule has 2 fully saturated rings. The van der Waals surface area contributed by atoms with Crippen LogP contribution in [-0.2, 0) is 14.3 Å². The summed E-state index contributed by atoms with van der Waals surface area (Å²) in [6.45, 7) is 3.96. The normalized spacial score (nSPS) is 18.0. The van der Waals surface area contributed by atoms with Crippen LogP contribution in [0.2, 0.25) is 0 Å². The first-order valence-electron chi connectivity index (χ1n) is 9.68. The predicted molar refractivity (Wildman–Crippen MR) is 103 cm³/mol. The van der Waals surface area contributed by atoms with E-state index >= 15 is 0 Å². The molecular formula is C19H26N4O5. The number of piperidine rings is 1. The number of nitro benzene ring substituents is 1. The van der Waals surface area contributed by atoms with Gasteiger partial charge in [-0.25, -0.2) is 0 Å². The summed E-state index contributed by atoms with van der Waals surface area (Å²) in [5.41, 5.74) is 0.410. The molecule has 0 atom stereocenters. The predicted octanol–water partition coefficient (Wildman–Crippen LogP) is 1.49. The van der Waals surface area contributed by atoms with Crippen LogP contribution in [0.5, 0.6) is 0 Å². The summed E-state index contributed by atoms with van der Waals surface area (Å²) in [5.74, 6) is 0.157. The summed E-state index contributed by atoms with van der Waals surface area (Å²) in [5, 5.41) is 14.0. The Morgan fingerprint density at radius 3 is 2.46 bits per heavy atom. The van der Waals surface area contributed by atoms with Crippen molar-refractivity contribution in [2.45, 2.75) is 19.3 Å². The van der Waals surface area contributed by atoms with E-state index in [1.807, 2.05) is 4.90 Å². The molecule has 9 heteroatoms. The quantitative estimate of drug-likeness (QED) is 0.583. The van der Waals surface area contributed by atoms with E-state index in [-0.39, 0.29) is 29.8 Å². The molecule has 0 radical (unpaired) electrons. The van der Waals surface area contributed by atoms with Crippen LogP contribution in [0.3, 0.4) is 0 Å². The number of ether oxygens (including phenoxy) is 1. The van der Waals surface area contributed by atoms with Crippen molar-refractivity contribution < 1.29 is 19.2 Å². The number of likely N-dealkylation sites (tertiary alicyclic amines) is 1. The van der Waals surface area contributed by atoms with Gasteiger partial charge in [-0.3, -0.25) is 19.7 Å².